The molecule has 3 heteroatoms. The van der Waals surface area contributed by atoms with Gasteiger partial charge in [0.1, 0.15) is 0 Å². The highest BCUT2D eigenvalue weighted by Gasteiger charge is 2.18. The minimum Gasteiger partial charge on any atom is -0.369 e. The number of hydrogen-bond acceptors (Lipinski definition) is 2. The van der Waals surface area contributed by atoms with Crippen LogP contribution in [0.5, 0.6) is 0 Å². The van der Waals surface area contributed by atoms with E-state index < -0.39 is 0 Å². The molecule has 1 N–H and O–H groups in total. The van der Waals surface area contributed by atoms with Gasteiger partial charge in [-0.25, -0.2) is 0 Å². The van der Waals surface area contributed by atoms with Crippen molar-refractivity contribution in [3.63, 3.8) is 0 Å². The van der Waals surface area contributed by atoms with Gasteiger partial charge in [0.25, 0.3) is 0 Å². The Morgan fingerprint density at radius 1 is 1.41 bits per heavy atom. The van der Waals surface area contributed by atoms with Gasteiger partial charge in [-0.3, -0.25) is 0 Å². The van der Waals surface area contributed by atoms with Gasteiger partial charge in [-0.2, -0.15) is 0 Å². The van der Waals surface area contributed by atoms with Crippen LogP contribution >= 0.6 is 22.6 Å². The van der Waals surface area contributed by atoms with E-state index in [0.29, 0.717) is 6.04 Å². The molecule has 2 nitrogen and oxygen atoms in total. The third-order valence-electron chi connectivity index (χ3n) is 3.31. The predicted molar refractivity (Wildman–Crippen MR) is 82.7 cm³/mol. The van der Waals surface area contributed by atoms with E-state index in [-0.39, 0.29) is 0 Å². The molecule has 1 atom stereocenters. The van der Waals surface area contributed by atoms with E-state index in [1.54, 1.807) is 0 Å². The smallest absolute Gasteiger partial charge is 0.0502 e. The zero-order valence-corrected chi connectivity index (χ0v) is 12.6. The minimum atomic E-state index is 0.651. The van der Waals surface area contributed by atoms with Crippen molar-refractivity contribution in [3.05, 3.63) is 27.8 Å². The maximum atomic E-state index is 3.66. The summed E-state index contributed by atoms with van der Waals surface area (Å²) >= 11 is 2.44. The Morgan fingerprint density at radius 3 is 3.00 bits per heavy atom. The highest BCUT2D eigenvalue weighted by Crippen LogP contribution is 2.23. The average molecular weight is 344 g/mol. The molecule has 94 valence electrons. The lowest BCUT2D eigenvalue weighted by Crippen LogP contribution is -2.37. The van der Waals surface area contributed by atoms with E-state index in [2.05, 4.69) is 64.0 Å². The van der Waals surface area contributed by atoms with E-state index >= 15 is 0 Å². The molecule has 0 amide bonds. The molecule has 17 heavy (non-hydrogen) atoms. The van der Waals surface area contributed by atoms with E-state index in [1.807, 2.05) is 0 Å². The summed E-state index contributed by atoms with van der Waals surface area (Å²) in [5.74, 6) is 0. The first kappa shape index (κ1) is 13.1. The first-order chi connectivity index (χ1) is 8.31. The van der Waals surface area contributed by atoms with Crippen LogP contribution in [0.15, 0.2) is 24.3 Å². The molecule has 0 saturated carbocycles. The fraction of sp³-hybridized carbons (Fsp3) is 0.571. The van der Waals surface area contributed by atoms with Crippen LogP contribution in [0, 0.1) is 3.57 Å². The molecule has 1 fully saturated rings. The van der Waals surface area contributed by atoms with Crippen molar-refractivity contribution in [2.24, 2.45) is 0 Å². The molecule has 0 spiro atoms. The van der Waals surface area contributed by atoms with Crippen LogP contribution in [0.2, 0.25) is 0 Å². The van der Waals surface area contributed by atoms with Crippen molar-refractivity contribution in [1.82, 2.24) is 5.32 Å². The zero-order chi connectivity index (χ0) is 12.1. The fourth-order valence-corrected chi connectivity index (χ4v) is 3.20. The number of nitrogens with zero attached hydrogens (tertiary/aromatic N) is 1. The van der Waals surface area contributed by atoms with Gasteiger partial charge in [0, 0.05) is 22.7 Å². The number of hydrogen-bond donors (Lipinski definition) is 1. The third-order valence-corrected chi connectivity index (χ3v) is 4.22. The summed E-state index contributed by atoms with van der Waals surface area (Å²) in [6.45, 7) is 5.74. The normalized spacial score (nSPS) is 21.3. The Kier molecular flexibility index (Phi) is 5.10. The second-order valence-corrected chi connectivity index (χ2v) is 5.85. The predicted octanol–water partition coefficient (Wildman–Crippen LogP) is 3.26. The lowest BCUT2D eigenvalue weighted by molar-refractivity contribution is 0.502. The number of anilines is 1. The molecule has 0 aliphatic carbocycles. The largest absolute Gasteiger partial charge is 0.369 e. The van der Waals surface area contributed by atoms with Crippen LogP contribution in [0.4, 0.5) is 5.69 Å². The second kappa shape index (κ2) is 6.59. The summed E-state index contributed by atoms with van der Waals surface area (Å²) < 4.78 is 1.36. The van der Waals surface area contributed by atoms with Crippen LogP contribution in [0.1, 0.15) is 26.2 Å². The molecule has 1 saturated heterocycles. The topological polar surface area (TPSA) is 15.3 Å². The SMILES string of the molecule is CCCC1CN(c2ccccc2I)CCCN1. The van der Waals surface area contributed by atoms with Gasteiger partial charge in [0.15, 0.2) is 0 Å². The first-order valence-electron chi connectivity index (χ1n) is 6.54. The molecule has 1 aromatic carbocycles. The van der Waals surface area contributed by atoms with Crippen LogP contribution < -0.4 is 10.2 Å². The Bertz CT molecular complexity index is 354. The van der Waals surface area contributed by atoms with Gasteiger partial charge < -0.3 is 10.2 Å². The molecule has 1 aromatic rings. The van der Waals surface area contributed by atoms with Gasteiger partial charge in [0.2, 0.25) is 0 Å². The van der Waals surface area contributed by atoms with Crippen molar-refractivity contribution < 1.29 is 0 Å². The monoisotopic (exact) mass is 344 g/mol. The molecule has 0 aromatic heterocycles. The summed E-state index contributed by atoms with van der Waals surface area (Å²) in [5, 5.41) is 3.66. The standard InChI is InChI=1S/C14H21IN2/c1-2-6-12-11-17(10-5-9-16-12)14-8-4-3-7-13(14)15/h3-4,7-8,12,16H,2,5-6,9-11H2,1H3. The van der Waals surface area contributed by atoms with Crippen LogP contribution in [-0.4, -0.2) is 25.7 Å². The molecular weight excluding hydrogens is 323 g/mol. The lowest BCUT2D eigenvalue weighted by Gasteiger charge is -2.27. The van der Waals surface area contributed by atoms with Gasteiger partial charge in [-0.05, 0) is 54.1 Å². The van der Waals surface area contributed by atoms with Gasteiger partial charge in [-0.15, -0.1) is 0 Å². The Hall–Kier alpha value is -0.290. The molecule has 1 aliphatic heterocycles. The summed E-state index contributed by atoms with van der Waals surface area (Å²) in [7, 11) is 0. The molecule has 1 unspecified atom stereocenters. The van der Waals surface area contributed by atoms with Gasteiger partial charge >= 0.3 is 0 Å². The molecule has 2 rings (SSSR count). The zero-order valence-electron chi connectivity index (χ0n) is 10.5. The van der Waals surface area contributed by atoms with E-state index in [4.69, 9.17) is 0 Å². The Balaban J connectivity index is 2.11. The Labute approximate surface area is 118 Å². The fourth-order valence-electron chi connectivity index (χ4n) is 2.47. The Morgan fingerprint density at radius 2 is 2.24 bits per heavy atom. The molecular formula is C14H21IN2. The lowest BCUT2D eigenvalue weighted by atomic mass is 10.1. The van der Waals surface area contributed by atoms with Crippen molar-refractivity contribution in [2.45, 2.75) is 32.2 Å². The number of para-hydroxylation sites is 1. The molecule has 1 heterocycles. The average Bonchev–Trinajstić information content (AvgIpc) is 2.56. The number of nitrogens with one attached hydrogen (secondary N) is 1. The maximum Gasteiger partial charge on any atom is 0.0502 e. The summed E-state index contributed by atoms with van der Waals surface area (Å²) in [6.07, 6.45) is 3.78. The van der Waals surface area contributed by atoms with E-state index in [9.17, 15) is 0 Å². The van der Waals surface area contributed by atoms with Crippen molar-refractivity contribution in [1.29, 1.82) is 0 Å². The number of rotatable bonds is 3. The summed E-state index contributed by atoms with van der Waals surface area (Å²) in [5.41, 5.74) is 1.40. The highest BCUT2D eigenvalue weighted by atomic mass is 127. The highest BCUT2D eigenvalue weighted by molar-refractivity contribution is 14.1. The maximum absolute atomic E-state index is 3.66. The third kappa shape index (κ3) is 3.58. The quantitative estimate of drug-likeness (QED) is 0.847. The molecule has 0 bridgehead atoms. The summed E-state index contributed by atoms with van der Waals surface area (Å²) in [6, 6.07) is 9.35. The molecule has 0 radical (unpaired) electrons. The van der Waals surface area contributed by atoms with Gasteiger partial charge in [-0.1, -0.05) is 25.5 Å². The number of benzene rings is 1. The van der Waals surface area contributed by atoms with Gasteiger partial charge in [0.05, 0.1) is 5.69 Å². The molecule has 1 aliphatic rings. The van der Waals surface area contributed by atoms with Crippen molar-refractivity contribution in [2.75, 3.05) is 24.5 Å². The van der Waals surface area contributed by atoms with Crippen molar-refractivity contribution in [3.8, 4) is 0 Å². The van der Waals surface area contributed by atoms with Crippen LogP contribution in [0.3, 0.4) is 0 Å². The van der Waals surface area contributed by atoms with E-state index in [0.717, 1.165) is 13.1 Å². The first-order valence-corrected chi connectivity index (χ1v) is 7.62. The van der Waals surface area contributed by atoms with Crippen LogP contribution in [0.25, 0.3) is 0 Å². The van der Waals surface area contributed by atoms with Crippen molar-refractivity contribution >= 4 is 28.3 Å². The van der Waals surface area contributed by atoms with Crippen LogP contribution in [-0.2, 0) is 0 Å². The second-order valence-electron chi connectivity index (χ2n) is 4.69. The summed E-state index contributed by atoms with van der Waals surface area (Å²) in [4.78, 5) is 2.54. The minimum absolute atomic E-state index is 0.651. The van der Waals surface area contributed by atoms with E-state index in [1.165, 1.54) is 35.1 Å². The number of halogens is 1.